The summed E-state index contributed by atoms with van der Waals surface area (Å²) in [4.78, 5) is 0. The molecule has 0 spiro atoms. The van der Waals surface area contributed by atoms with E-state index in [0.29, 0.717) is 11.1 Å². The lowest BCUT2D eigenvalue weighted by molar-refractivity contribution is 0.466. The predicted octanol–water partition coefficient (Wildman–Crippen LogP) is 5.70. The monoisotopic (exact) mass is 367 g/mol. The summed E-state index contributed by atoms with van der Waals surface area (Å²) >= 11 is 9.78. The van der Waals surface area contributed by atoms with Gasteiger partial charge in [0.2, 0.25) is 0 Å². The van der Waals surface area contributed by atoms with Gasteiger partial charge in [0.05, 0.1) is 5.02 Å². The van der Waals surface area contributed by atoms with Crippen molar-refractivity contribution in [1.29, 1.82) is 0 Å². The highest BCUT2D eigenvalue weighted by atomic mass is 79.9. The number of halogens is 2. The molecule has 0 fully saturated rings. The number of benzene rings is 2. The van der Waals surface area contributed by atoms with Gasteiger partial charge >= 0.3 is 0 Å². The summed E-state index contributed by atoms with van der Waals surface area (Å²) in [6.07, 6.45) is 0. The maximum Gasteiger partial charge on any atom is 0.150 e. The second-order valence-corrected chi connectivity index (χ2v) is 6.60. The molecular formula is C17H19BrClNO. The molecule has 1 N–H and O–H groups in total. The molecule has 2 rings (SSSR count). The van der Waals surface area contributed by atoms with Crippen molar-refractivity contribution in [3.8, 4) is 11.5 Å². The van der Waals surface area contributed by atoms with E-state index in [1.165, 1.54) is 0 Å². The first-order valence-corrected chi connectivity index (χ1v) is 8.09. The molecule has 21 heavy (non-hydrogen) atoms. The van der Waals surface area contributed by atoms with E-state index < -0.39 is 0 Å². The molecule has 0 radical (unpaired) electrons. The van der Waals surface area contributed by atoms with Crippen molar-refractivity contribution in [2.45, 2.75) is 33.4 Å². The van der Waals surface area contributed by atoms with E-state index in [2.05, 4.69) is 35.1 Å². The maximum absolute atomic E-state index is 6.32. The summed E-state index contributed by atoms with van der Waals surface area (Å²) < 4.78 is 7.10. The Morgan fingerprint density at radius 3 is 2.67 bits per heavy atom. The number of nitrogens with one attached hydrogen (secondary N) is 1. The normalized spacial score (nSPS) is 11.0. The van der Waals surface area contributed by atoms with Crippen molar-refractivity contribution in [1.82, 2.24) is 5.32 Å². The minimum Gasteiger partial charge on any atom is -0.455 e. The van der Waals surface area contributed by atoms with Crippen molar-refractivity contribution >= 4 is 27.5 Å². The van der Waals surface area contributed by atoms with Crippen LogP contribution in [-0.2, 0) is 6.54 Å². The molecule has 0 bridgehead atoms. The van der Waals surface area contributed by atoms with Crippen LogP contribution in [0.3, 0.4) is 0 Å². The lowest BCUT2D eigenvalue weighted by atomic mass is 10.1. The first-order valence-electron chi connectivity index (χ1n) is 6.92. The van der Waals surface area contributed by atoms with Crippen LogP contribution in [0.15, 0.2) is 40.9 Å². The maximum atomic E-state index is 6.32. The summed E-state index contributed by atoms with van der Waals surface area (Å²) in [7, 11) is 0. The van der Waals surface area contributed by atoms with E-state index in [9.17, 15) is 0 Å². The van der Waals surface area contributed by atoms with Crippen LogP contribution < -0.4 is 10.1 Å². The van der Waals surface area contributed by atoms with Crippen LogP contribution in [0.4, 0.5) is 0 Å². The number of hydrogen-bond donors (Lipinski definition) is 1. The SMILES string of the molecule is Cc1cc(Br)ccc1Oc1c(Cl)cccc1CNC(C)C. The molecule has 0 aromatic heterocycles. The Labute approximate surface area is 139 Å². The Hall–Kier alpha value is -1.03. The van der Waals surface area contributed by atoms with Crippen molar-refractivity contribution in [2.24, 2.45) is 0 Å². The second kappa shape index (κ2) is 7.30. The summed E-state index contributed by atoms with van der Waals surface area (Å²) in [5.41, 5.74) is 2.12. The standard InChI is InChI=1S/C17H19BrClNO/c1-11(2)20-10-13-5-4-6-15(19)17(13)21-16-8-7-14(18)9-12(16)3/h4-9,11,20H,10H2,1-3H3. The van der Waals surface area contributed by atoms with E-state index in [-0.39, 0.29) is 0 Å². The molecule has 0 saturated carbocycles. The zero-order valence-corrected chi connectivity index (χ0v) is 14.8. The molecule has 4 heteroatoms. The Kier molecular flexibility index (Phi) is 5.68. The van der Waals surface area contributed by atoms with Gasteiger partial charge in [-0.25, -0.2) is 0 Å². The van der Waals surface area contributed by atoms with Gasteiger partial charge in [-0.1, -0.05) is 53.5 Å². The number of rotatable bonds is 5. The molecule has 0 unspecified atom stereocenters. The number of aryl methyl sites for hydroxylation is 1. The van der Waals surface area contributed by atoms with Crippen molar-refractivity contribution in [3.63, 3.8) is 0 Å². The third kappa shape index (κ3) is 4.47. The zero-order chi connectivity index (χ0) is 15.4. The first-order chi connectivity index (χ1) is 9.97. The third-order valence-corrected chi connectivity index (χ3v) is 3.89. The molecular weight excluding hydrogens is 350 g/mol. The van der Waals surface area contributed by atoms with Crippen LogP contribution in [-0.4, -0.2) is 6.04 Å². The Balaban J connectivity index is 2.29. The van der Waals surface area contributed by atoms with Gasteiger partial charge in [0.25, 0.3) is 0 Å². The molecule has 2 aromatic carbocycles. The molecule has 0 aliphatic heterocycles. The van der Waals surface area contributed by atoms with Gasteiger partial charge in [-0.3, -0.25) is 0 Å². The predicted molar refractivity (Wildman–Crippen MR) is 92.4 cm³/mol. The highest BCUT2D eigenvalue weighted by Gasteiger charge is 2.11. The fraction of sp³-hybridized carbons (Fsp3) is 0.294. The fourth-order valence-corrected chi connectivity index (χ4v) is 2.67. The van der Waals surface area contributed by atoms with Crippen molar-refractivity contribution < 1.29 is 4.74 Å². The van der Waals surface area contributed by atoms with Gasteiger partial charge < -0.3 is 10.1 Å². The van der Waals surface area contributed by atoms with Crippen LogP contribution in [0.5, 0.6) is 11.5 Å². The van der Waals surface area contributed by atoms with E-state index in [1.54, 1.807) is 0 Å². The second-order valence-electron chi connectivity index (χ2n) is 5.28. The van der Waals surface area contributed by atoms with Gasteiger partial charge in [0.15, 0.2) is 5.75 Å². The quantitative estimate of drug-likeness (QED) is 0.730. The summed E-state index contributed by atoms with van der Waals surface area (Å²) in [6, 6.07) is 12.2. The van der Waals surface area contributed by atoms with Gasteiger partial charge in [0.1, 0.15) is 5.75 Å². The van der Waals surface area contributed by atoms with Crippen LogP contribution in [0, 0.1) is 6.92 Å². The van der Waals surface area contributed by atoms with Crippen molar-refractivity contribution in [3.05, 3.63) is 57.0 Å². The van der Waals surface area contributed by atoms with E-state index in [4.69, 9.17) is 16.3 Å². The van der Waals surface area contributed by atoms with Gasteiger partial charge in [0, 0.05) is 22.6 Å². The smallest absolute Gasteiger partial charge is 0.150 e. The fourth-order valence-electron chi connectivity index (χ4n) is 1.96. The molecule has 2 aromatic rings. The molecule has 0 saturated heterocycles. The molecule has 0 aliphatic rings. The van der Waals surface area contributed by atoms with Crippen LogP contribution in [0.25, 0.3) is 0 Å². The number of para-hydroxylation sites is 1. The van der Waals surface area contributed by atoms with Crippen LogP contribution in [0.1, 0.15) is 25.0 Å². The van der Waals surface area contributed by atoms with Crippen LogP contribution in [0.2, 0.25) is 5.02 Å². The van der Waals surface area contributed by atoms with Crippen molar-refractivity contribution in [2.75, 3.05) is 0 Å². The molecule has 0 atom stereocenters. The van der Waals surface area contributed by atoms with E-state index >= 15 is 0 Å². The molecule has 2 nitrogen and oxygen atoms in total. The average Bonchev–Trinajstić information content (AvgIpc) is 2.42. The zero-order valence-electron chi connectivity index (χ0n) is 12.4. The lowest BCUT2D eigenvalue weighted by Crippen LogP contribution is -2.22. The topological polar surface area (TPSA) is 21.3 Å². The average molecular weight is 369 g/mol. The molecule has 0 amide bonds. The Morgan fingerprint density at radius 1 is 1.24 bits per heavy atom. The van der Waals surface area contributed by atoms with Gasteiger partial charge in [-0.2, -0.15) is 0 Å². The summed E-state index contributed by atoms with van der Waals surface area (Å²) in [5.74, 6) is 1.54. The first kappa shape index (κ1) is 16.3. The largest absolute Gasteiger partial charge is 0.455 e. The minimum absolute atomic E-state index is 0.409. The van der Waals surface area contributed by atoms with Crippen LogP contribution >= 0.6 is 27.5 Å². The summed E-state index contributed by atoms with van der Waals surface area (Å²) in [5, 5.41) is 4.02. The molecule has 0 aliphatic carbocycles. The van der Waals surface area contributed by atoms with E-state index in [0.717, 1.165) is 33.6 Å². The Morgan fingerprint density at radius 2 is 2.00 bits per heavy atom. The number of ether oxygens (including phenoxy) is 1. The Bertz CT molecular complexity index is 628. The highest BCUT2D eigenvalue weighted by Crippen LogP contribution is 2.35. The van der Waals surface area contributed by atoms with Gasteiger partial charge in [-0.05, 0) is 36.8 Å². The van der Waals surface area contributed by atoms with Gasteiger partial charge in [-0.15, -0.1) is 0 Å². The third-order valence-electron chi connectivity index (χ3n) is 3.10. The lowest BCUT2D eigenvalue weighted by Gasteiger charge is -2.16. The minimum atomic E-state index is 0.409. The number of hydrogen-bond acceptors (Lipinski definition) is 2. The summed E-state index contributed by atoms with van der Waals surface area (Å²) in [6.45, 7) is 6.97. The molecule has 0 heterocycles. The highest BCUT2D eigenvalue weighted by molar-refractivity contribution is 9.10. The molecule has 112 valence electrons. The van der Waals surface area contributed by atoms with E-state index in [1.807, 2.05) is 43.3 Å².